The average molecular weight is 316 g/mol. The van der Waals surface area contributed by atoms with Crippen LogP contribution in [0.2, 0.25) is 0 Å². The number of aromatic nitrogens is 2. The van der Waals surface area contributed by atoms with Gasteiger partial charge in [0, 0.05) is 19.3 Å². The highest BCUT2D eigenvalue weighted by Gasteiger charge is 2.14. The van der Waals surface area contributed by atoms with Crippen molar-refractivity contribution in [3.8, 4) is 0 Å². The fourth-order valence-electron chi connectivity index (χ4n) is 1.77. The first-order valence-electron chi connectivity index (χ1n) is 6.37. The lowest BCUT2D eigenvalue weighted by Gasteiger charge is -1.99. The quantitative estimate of drug-likeness (QED) is 0.774. The van der Waals surface area contributed by atoms with Crippen LogP contribution in [0.1, 0.15) is 20.2 Å². The van der Waals surface area contributed by atoms with E-state index in [1.807, 2.05) is 0 Å². The minimum atomic E-state index is -0.358. The summed E-state index contributed by atoms with van der Waals surface area (Å²) in [4.78, 5) is 24.4. The van der Waals surface area contributed by atoms with Gasteiger partial charge in [-0.2, -0.15) is 5.10 Å². The van der Waals surface area contributed by atoms with Gasteiger partial charge in [-0.15, -0.1) is 11.3 Å². The van der Waals surface area contributed by atoms with Crippen LogP contribution in [0.15, 0.2) is 47.2 Å². The zero-order valence-electron chi connectivity index (χ0n) is 11.6. The number of aryl methyl sites for hydroxylation is 1. The molecule has 0 aliphatic carbocycles. The number of nitrogens with one attached hydrogen (secondary N) is 2. The van der Waals surface area contributed by atoms with Crippen LogP contribution in [-0.4, -0.2) is 21.6 Å². The fraction of sp³-hybridized carbons (Fsp3) is 0.0714. The minimum Gasteiger partial charge on any atom is -0.459 e. The summed E-state index contributed by atoms with van der Waals surface area (Å²) in [5, 5.41) is 9.99. The Labute approximate surface area is 129 Å². The van der Waals surface area contributed by atoms with Crippen LogP contribution in [-0.2, 0) is 7.05 Å². The molecular weight excluding hydrogens is 304 g/mol. The van der Waals surface area contributed by atoms with Crippen molar-refractivity contribution in [3.63, 3.8) is 0 Å². The van der Waals surface area contributed by atoms with Gasteiger partial charge in [0.1, 0.15) is 0 Å². The lowest BCUT2D eigenvalue weighted by Crippen LogP contribution is -2.11. The van der Waals surface area contributed by atoms with E-state index in [0.717, 1.165) is 0 Å². The van der Waals surface area contributed by atoms with Crippen LogP contribution in [0.5, 0.6) is 0 Å². The Hall–Kier alpha value is -2.87. The second-order valence-corrected chi connectivity index (χ2v) is 5.51. The summed E-state index contributed by atoms with van der Waals surface area (Å²) in [6, 6.07) is 8.21. The second kappa shape index (κ2) is 5.86. The van der Waals surface area contributed by atoms with Crippen LogP contribution in [0.25, 0.3) is 0 Å². The molecule has 0 atom stereocenters. The molecule has 0 saturated carbocycles. The lowest BCUT2D eigenvalue weighted by atomic mass is 10.4. The van der Waals surface area contributed by atoms with E-state index in [2.05, 4.69) is 15.7 Å². The number of carbonyl (C=O) groups excluding carboxylic acids is 2. The smallest absolute Gasteiger partial charge is 0.291 e. The molecule has 0 fully saturated rings. The van der Waals surface area contributed by atoms with Gasteiger partial charge in [0.25, 0.3) is 11.8 Å². The zero-order chi connectivity index (χ0) is 15.5. The molecular formula is C14H12N4O3S. The van der Waals surface area contributed by atoms with E-state index >= 15 is 0 Å². The number of amides is 2. The Morgan fingerprint density at radius 3 is 2.73 bits per heavy atom. The van der Waals surface area contributed by atoms with Gasteiger partial charge in [-0.1, -0.05) is 0 Å². The molecule has 3 heterocycles. The minimum absolute atomic E-state index is 0.216. The van der Waals surface area contributed by atoms with Crippen LogP contribution < -0.4 is 10.6 Å². The van der Waals surface area contributed by atoms with Crippen molar-refractivity contribution in [1.82, 2.24) is 9.78 Å². The Kier molecular flexibility index (Phi) is 3.75. The van der Waals surface area contributed by atoms with Gasteiger partial charge >= 0.3 is 0 Å². The molecule has 0 saturated heterocycles. The molecule has 0 aromatic carbocycles. The molecule has 22 heavy (non-hydrogen) atoms. The molecule has 3 aromatic heterocycles. The molecule has 0 bridgehead atoms. The summed E-state index contributed by atoms with van der Waals surface area (Å²) in [7, 11) is 1.77. The highest BCUT2D eigenvalue weighted by molar-refractivity contribution is 7.18. The zero-order valence-corrected chi connectivity index (χ0v) is 12.4. The molecule has 7 nitrogen and oxygen atoms in total. The summed E-state index contributed by atoms with van der Waals surface area (Å²) in [6.07, 6.45) is 3.16. The van der Waals surface area contributed by atoms with Crippen molar-refractivity contribution in [2.75, 3.05) is 10.6 Å². The summed E-state index contributed by atoms with van der Waals surface area (Å²) in [6.45, 7) is 0. The topological polar surface area (TPSA) is 89.2 Å². The maximum absolute atomic E-state index is 12.1. The monoisotopic (exact) mass is 316 g/mol. The number of carbonyl (C=O) groups is 2. The standard InChI is InChI=1S/C14H12N4O3S/c1-18-7-6-11(17-18)15-14(20)10-4-5-12(22-10)16-13(19)9-3-2-8-21-9/h2-8H,1H3,(H,16,19)(H,15,17,20). The molecule has 0 unspecified atom stereocenters. The normalized spacial score (nSPS) is 10.4. The number of rotatable bonds is 4. The van der Waals surface area contributed by atoms with Gasteiger partial charge in [-0.3, -0.25) is 14.3 Å². The third-order valence-corrected chi connectivity index (χ3v) is 3.77. The number of anilines is 2. The third-order valence-electron chi connectivity index (χ3n) is 2.77. The van der Waals surface area contributed by atoms with Crippen LogP contribution in [0.3, 0.4) is 0 Å². The molecule has 0 spiro atoms. The van der Waals surface area contributed by atoms with Crippen molar-refractivity contribution in [1.29, 1.82) is 0 Å². The summed E-state index contributed by atoms with van der Waals surface area (Å²) < 4.78 is 6.60. The summed E-state index contributed by atoms with van der Waals surface area (Å²) in [5.41, 5.74) is 0. The molecule has 112 valence electrons. The summed E-state index contributed by atoms with van der Waals surface area (Å²) >= 11 is 1.17. The van der Waals surface area contributed by atoms with Crippen LogP contribution >= 0.6 is 11.3 Å². The maximum atomic E-state index is 12.1. The predicted molar refractivity (Wildman–Crippen MR) is 82.1 cm³/mol. The molecule has 8 heteroatoms. The van der Waals surface area contributed by atoms with E-state index in [4.69, 9.17) is 4.42 Å². The Morgan fingerprint density at radius 1 is 1.18 bits per heavy atom. The van der Waals surface area contributed by atoms with Crippen molar-refractivity contribution in [2.45, 2.75) is 0 Å². The Morgan fingerprint density at radius 2 is 2.05 bits per heavy atom. The van der Waals surface area contributed by atoms with Crippen molar-refractivity contribution >= 4 is 34.0 Å². The fourth-order valence-corrected chi connectivity index (χ4v) is 2.56. The average Bonchev–Trinajstić information content (AvgIpc) is 3.20. The van der Waals surface area contributed by atoms with Gasteiger partial charge in [-0.05, 0) is 24.3 Å². The van der Waals surface area contributed by atoms with Gasteiger partial charge in [-0.25, -0.2) is 0 Å². The largest absolute Gasteiger partial charge is 0.459 e. The van der Waals surface area contributed by atoms with Crippen molar-refractivity contribution in [2.24, 2.45) is 7.05 Å². The first-order chi connectivity index (χ1) is 10.6. The Balaban J connectivity index is 1.65. The second-order valence-electron chi connectivity index (χ2n) is 4.42. The lowest BCUT2D eigenvalue weighted by molar-refractivity contribution is 0.0995. The van der Waals surface area contributed by atoms with Crippen LogP contribution in [0.4, 0.5) is 10.8 Å². The van der Waals surface area contributed by atoms with Gasteiger partial charge in [0.2, 0.25) is 0 Å². The molecule has 0 radical (unpaired) electrons. The van der Waals surface area contributed by atoms with E-state index in [1.165, 1.54) is 17.6 Å². The molecule has 3 rings (SSSR count). The number of hydrogen-bond acceptors (Lipinski definition) is 5. The maximum Gasteiger partial charge on any atom is 0.291 e. The SMILES string of the molecule is Cn1ccc(NC(=O)c2ccc(NC(=O)c3ccco3)s2)n1. The third kappa shape index (κ3) is 3.07. The highest BCUT2D eigenvalue weighted by atomic mass is 32.1. The van der Waals surface area contributed by atoms with E-state index in [1.54, 1.807) is 48.3 Å². The molecule has 0 aliphatic rings. The molecule has 2 N–H and O–H groups in total. The number of thiophene rings is 1. The molecule has 0 aliphatic heterocycles. The van der Waals surface area contributed by atoms with E-state index in [-0.39, 0.29) is 17.6 Å². The van der Waals surface area contributed by atoms with E-state index < -0.39 is 0 Å². The number of nitrogens with zero attached hydrogens (tertiary/aromatic N) is 2. The van der Waals surface area contributed by atoms with Crippen molar-refractivity contribution in [3.05, 3.63) is 53.4 Å². The van der Waals surface area contributed by atoms with Gasteiger partial charge in [0.15, 0.2) is 11.6 Å². The predicted octanol–water partition coefficient (Wildman–Crippen LogP) is 2.58. The first-order valence-corrected chi connectivity index (χ1v) is 7.19. The molecule has 2 amide bonds. The van der Waals surface area contributed by atoms with E-state index in [0.29, 0.717) is 15.7 Å². The van der Waals surface area contributed by atoms with Gasteiger partial charge < -0.3 is 15.1 Å². The van der Waals surface area contributed by atoms with Gasteiger partial charge in [0.05, 0.1) is 16.1 Å². The van der Waals surface area contributed by atoms with E-state index in [9.17, 15) is 9.59 Å². The first kappa shape index (κ1) is 14.1. The molecule has 3 aromatic rings. The summed E-state index contributed by atoms with van der Waals surface area (Å²) in [5.74, 6) is 0.0562. The van der Waals surface area contributed by atoms with Crippen molar-refractivity contribution < 1.29 is 14.0 Å². The Bertz CT molecular complexity index is 804. The highest BCUT2D eigenvalue weighted by Crippen LogP contribution is 2.23. The van der Waals surface area contributed by atoms with Crippen LogP contribution in [0, 0.1) is 0 Å². The number of hydrogen-bond donors (Lipinski definition) is 2. The number of furan rings is 1.